The van der Waals surface area contributed by atoms with Gasteiger partial charge in [-0.1, -0.05) is 11.6 Å². The summed E-state index contributed by atoms with van der Waals surface area (Å²) in [5.74, 6) is 1.30. The van der Waals surface area contributed by atoms with Gasteiger partial charge in [-0.15, -0.1) is 5.10 Å². The van der Waals surface area contributed by atoms with E-state index in [2.05, 4.69) is 15.1 Å². The predicted molar refractivity (Wildman–Crippen MR) is 88.2 cm³/mol. The van der Waals surface area contributed by atoms with Gasteiger partial charge in [-0.05, 0) is 30.3 Å². The molecule has 1 saturated heterocycles. The smallest absolute Gasteiger partial charge is 0.257 e. The summed E-state index contributed by atoms with van der Waals surface area (Å²) in [5.41, 5.74) is 0.493. The highest BCUT2D eigenvalue weighted by Crippen LogP contribution is 2.24. The van der Waals surface area contributed by atoms with E-state index in [1.807, 2.05) is 12.1 Å². The van der Waals surface area contributed by atoms with Crippen LogP contribution in [0.5, 0.6) is 5.75 Å². The minimum atomic E-state index is -0.0665. The number of hydrogen-bond donors (Lipinski definition) is 0. The summed E-state index contributed by atoms with van der Waals surface area (Å²) in [6.45, 7) is 2.66. The van der Waals surface area contributed by atoms with E-state index in [1.165, 1.54) is 0 Å². The van der Waals surface area contributed by atoms with E-state index in [0.717, 1.165) is 5.82 Å². The number of carbonyl (C=O) groups excluding carboxylic acids is 1. The lowest BCUT2D eigenvalue weighted by molar-refractivity contribution is 0.0743. The van der Waals surface area contributed by atoms with Crippen molar-refractivity contribution >= 4 is 23.3 Å². The van der Waals surface area contributed by atoms with Gasteiger partial charge < -0.3 is 14.5 Å². The number of methoxy groups -OCH3 is 1. The van der Waals surface area contributed by atoms with Crippen LogP contribution in [0.4, 0.5) is 5.82 Å². The fourth-order valence-corrected chi connectivity index (χ4v) is 2.79. The van der Waals surface area contributed by atoms with Crippen LogP contribution in [0.3, 0.4) is 0 Å². The molecule has 0 unspecified atom stereocenters. The van der Waals surface area contributed by atoms with Gasteiger partial charge in [0.05, 0.1) is 12.7 Å². The van der Waals surface area contributed by atoms with E-state index in [0.29, 0.717) is 42.5 Å². The van der Waals surface area contributed by atoms with Gasteiger partial charge in [0.25, 0.3) is 5.91 Å². The SMILES string of the molecule is COc1ccc(Cl)cc1C(=O)N1CCN(c2cccnn2)CC1. The van der Waals surface area contributed by atoms with E-state index in [4.69, 9.17) is 16.3 Å². The Morgan fingerprint density at radius 2 is 2.00 bits per heavy atom. The van der Waals surface area contributed by atoms with Crippen LogP contribution in [-0.4, -0.2) is 54.3 Å². The number of nitrogens with zero attached hydrogens (tertiary/aromatic N) is 4. The van der Waals surface area contributed by atoms with E-state index in [9.17, 15) is 4.79 Å². The van der Waals surface area contributed by atoms with Crippen LogP contribution in [0.2, 0.25) is 5.02 Å². The first kappa shape index (κ1) is 15.6. The van der Waals surface area contributed by atoms with Crippen molar-refractivity contribution in [2.75, 3.05) is 38.2 Å². The number of carbonyl (C=O) groups is 1. The maximum Gasteiger partial charge on any atom is 0.257 e. The molecule has 2 aromatic rings. The number of piperazine rings is 1. The topological polar surface area (TPSA) is 58.6 Å². The molecule has 1 fully saturated rings. The van der Waals surface area contributed by atoms with Crippen LogP contribution < -0.4 is 9.64 Å². The zero-order valence-corrected chi connectivity index (χ0v) is 13.5. The van der Waals surface area contributed by atoms with Crippen molar-refractivity contribution in [2.24, 2.45) is 0 Å². The van der Waals surface area contributed by atoms with Crippen molar-refractivity contribution in [1.82, 2.24) is 15.1 Å². The minimum absolute atomic E-state index is 0.0665. The highest BCUT2D eigenvalue weighted by molar-refractivity contribution is 6.31. The maximum absolute atomic E-state index is 12.7. The van der Waals surface area contributed by atoms with Gasteiger partial charge in [0.15, 0.2) is 5.82 Å². The third kappa shape index (κ3) is 3.37. The van der Waals surface area contributed by atoms with Gasteiger partial charge in [-0.3, -0.25) is 4.79 Å². The molecule has 0 bridgehead atoms. The Morgan fingerprint density at radius 3 is 2.65 bits per heavy atom. The zero-order chi connectivity index (χ0) is 16.2. The summed E-state index contributed by atoms with van der Waals surface area (Å²) in [4.78, 5) is 16.6. The first-order valence-electron chi connectivity index (χ1n) is 7.34. The number of halogens is 1. The van der Waals surface area contributed by atoms with Crippen LogP contribution in [0, 0.1) is 0 Å². The molecule has 1 aliphatic rings. The fraction of sp³-hybridized carbons (Fsp3) is 0.312. The van der Waals surface area contributed by atoms with E-state index >= 15 is 0 Å². The monoisotopic (exact) mass is 332 g/mol. The number of anilines is 1. The number of aromatic nitrogens is 2. The highest BCUT2D eigenvalue weighted by Gasteiger charge is 2.25. The summed E-state index contributed by atoms with van der Waals surface area (Å²) >= 11 is 6.01. The average Bonchev–Trinajstić information content (AvgIpc) is 2.62. The molecule has 0 spiro atoms. The minimum Gasteiger partial charge on any atom is -0.496 e. The largest absolute Gasteiger partial charge is 0.496 e. The van der Waals surface area contributed by atoms with Crippen molar-refractivity contribution in [1.29, 1.82) is 0 Å². The molecule has 1 amide bonds. The Bertz CT molecular complexity index is 688. The number of benzene rings is 1. The van der Waals surface area contributed by atoms with Crippen molar-refractivity contribution in [3.8, 4) is 5.75 Å². The van der Waals surface area contributed by atoms with Crippen LogP contribution >= 0.6 is 11.6 Å². The summed E-state index contributed by atoms with van der Waals surface area (Å²) < 4.78 is 5.27. The molecule has 0 radical (unpaired) electrons. The number of hydrogen-bond acceptors (Lipinski definition) is 5. The molecular weight excluding hydrogens is 316 g/mol. The second-order valence-electron chi connectivity index (χ2n) is 5.21. The van der Waals surface area contributed by atoms with Crippen LogP contribution in [0.25, 0.3) is 0 Å². The molecule has 0 N–H and O–H groups in total. The summed E-state index contributed by atoms with van der Waals surface area (Å²) in [7, 11) is 1.55. The normalized spacial score (nSPS) is 14.7. The van der Waals surface area contributed by atoms with Gasteiger partial charge >= 0.3 is 0 Å². The number of ether oxygens (including phenoxy) is 1. The van der Waals surface area contributed by atoms with Gasteiger partial charge in [-0.25, -0.2) is 0 Å². The Hall–Kier alpha value is -2.34. The second kappa shape index (κ2) is 6.83. The number of rotatable bonds is 3. The molecule has 3 rings (SSSR count). The quantitative estimate of drug-likeness (QED) is 0.861. The third-order valence-corrected chi connectivity index (χ3v) is 4.08. The summed E-state index contributed by atoms with van der Waals surface area (Å²) in [5, 5.41) is 8.52. The molecule has 23 heavy (non-hydrogen) atoms. The first-order chi connectivity index (χ1) is 11.2. The molecule has 120 valence electrons. The van der Waals surface area contributed by atoms with Gasteiger partial charge in [-0.2, -0.15) is 5.10 Å². The van der Waals surface area contributed by atoms with Crippen molar-refractivity contribution in [3.63, 3.8) is 0 Å². The van der Waals surface area contributed by atoms with Gasteiger partial charge in [0, 0.05) is 37.4 Å². The Morgan fingerprint density at radius 1 is 1.22 bits per heavy atom. The standard InChI is InChI=1S/C16H17ClN4O2/c1-23-14-5-4-12(17)11-13(14)16(22)21-9-7-20(8-10-21)15-3-2-6-18-19-15/h2-6,11H,7-10H2,1H3. The maximum atomic E-state index is 12.7. The molecule has 0 atom stereocenters. The molecule has 7 heteroatoms. The lowest BCUT2D eigenvalue weighted by atomic mass is 10.1. The van der Waals surface area contributed by atoms with Crippen molar-refractivity contribution in [3.05, 3.63) is 47.1 Å². The molecule has 0 saturated carbocycles. The molecule has 1 aliphatic heterocycles. The van der Waals surface area contributed by atoms with Crippen LogP contribution in [0.15, 0.2) is 36.5 Å². The zero-order valence-electron chi connectivity index (χ0n) is 12.8. The van der Waals surface area contributed by atoms with Crippen LogP contribution in [0.1, 0.15) is 10.4 Å². The molecule has 1 aromatic heterocycles. The molecular formula is C16H17ClN4O2. The first-order valence-corrected chi connectivity index (χ1v) is 7.72. The Kier molecular flexibility index (Phi) is 4.62. The summed E-state index contributed by atoms with van der Waals surface area (Å²) in [6.07, 6.45) is 1.65. The second-order valence-corrected chi connectivity index (χ2v) is 5.64. The fourth-order valence-electron chi connectivity index (χ4n) is 2.62. The lowest BCUT2D eigenvalue weighted by Gasteiger charge is -2.35. The average molecular weight is 333 g/mol. The van der Waals surface area contributed by atoms with E-state index < -0.39 is 0 Å². The molecule has 1 aromatic carbocycles. The third-order valence-electron chi connectivity index (χ3n) is 3.84. The lowest BCUT2D eigenvalue weighted by Crippen LogP contribution is -2.49. The van der Waals surface area contributed by atoms with E-state index in [-0.39, 0.29) is 5.91 Å². The Labute approximate surface area is 139 Å². The molecule has 6 nitrogen and oxygen atoms in total. The van der Waals surface area contributed by atoms with Gasteiger partial charge in [0.2, 0.25) is 0 Å². The van der Waals surface area contributed by atoms with Gasteiger partial charge in [0.1, 0.15) is 5.75 Å². The Balaban J connectivity index is 1.70. The van der Waals surface area contributed by atoms with Crippen LogP contribution in [-0.2, 0) is 0 Å². The highest BCUT2D eigenvalue weighted by atomic mass is 35.5. The predicted octanol–water partition coefficient (Wildman–Crippen LogP) is 2.10. The van der Waals surface area contributed by atoms with Crippen molar-refractivity contribution < 1.29 is 9.53 Å². The molecule has 0 aliphatic carbocycles. The number of amides is 1. The van der Waals surface area contributed by atoms with E-state index in [1.54, 1.807) is 36.4 Å². The molecule has 2 heterocycles. The summed E-state index contributed by atoms with van der Waals surface area (Å²) in [6, 6.07) is 8.85. The van der Waals surface area contributed by atoms with Crippen molar-refractivity contribution in [2.45, 2.75) is 0 Å².